The van der Waals surface area contributed by atoms with Crippen molar-refractivity contribution >= 4 is 22.5 Å². The van der Waals surface area contributed by atoms with Crippen molar-refractivity contribution in [1.82, 2.24) is 9.97 Å². The van der Waals surface area contributed by atoms with E-state index in [1.807, 2.05) is 6.26 Å². The normalized spacial score (nSPS) is 11.5. The van der Waals surface area contributed by atoms with Crippen LogP contribution >= 0.6 is 11.8 Å². The van der Waals surface area contributed by atoms with Gasteiger partial charge in [0.05, 0.1) is 6.20 Å². The quantitative estimate of drug-likeness (QED) is 0.604. The standard InChI is InChI=1S/C12H10FN3S/c1-17-12(11-8-14-6-7-15-11)16-10-5-3-2-4-9(10)13/h2-8H,1H3. The average molecular weight is 247 g/mol. The van der Waals surface area contributed by atoms with Gasteiger partial charge in [-0.2, -0.15) is 0 Å². The summed E-state index contributed by atoms with van der Waals surface area (Å²) in [6, 6.07) is 6.39. The van der Waals surface area contributed by atoms with Crippen LogP contribution in [0, 0.1) is 5.82 Å². The monoisotopic (exact) mass is 247 g/mol. The molecule has 5 heteroatoms. The van der Waals surface area contributed by atoms with E-state index in [0.717, 1.165) is 0 Å². The van der Waals surface area contributed by atoms with Gasteiger partial charge in [0.2, 0.25) is 0 Å². The molecule has 3 nitrogen and oxygen atoms in total. The molecule has 0 fully saturated rings. The topological polar surface area (TPSA) is 38.1 Å². The summed E-state index contributed by atoms with van der Waals surface area (Å²) in [5.74, 6) is -0.344. The van der Waals surface area contributed by atoms with Crippen molar-refractivity contribution < 1.29 is 4.39 Å². The van der Waals surface area contributed by atoms with Crippen LogP contribution in [0.5, 0.6) is 0 Å². The number of thioether (sulfide) groups is 1. The van der Waals surface area contributed by atoms with Crippen molar-refractivity contribution in [3.05, 3.63) is 54.4 Å². The second-order valence-corrected chi connectivity index (χ2v) is 3.96. The second-order valence-electron chi connectivity index (χ2n) is 3.16. The summed E-state index contributed by atoms with van der Waals surface area (Å²) in [6.45, 7) is 0. The fourth-order valence-corrected chi connectivity index (χ4v) is 1.77. The first kappa shape index (κ1) is 11.7. The first-order valence-electron chi connectivity index (χ1n) is 4.95. The highest BCUT2D eigenvalue weighted by Gasteiger charge is 2.05. The number of halogens is 1. The number of aromatic nitrogens is 2. The molecule has 86 valence electrons. The van der Waals surface area contributed by atoms with Crippen molar-refractivity contribution in [2.75, 3.05) is 6.26 Å². The predicted molar refractivity (Wildman–Crippen MR) is 68.1 cm³/mol. The Hall–Kier alpha value is -1.75. The summed E-state index contributed by atoms with van der Waals surface area (Å²) < 4.78 is 13.4. The minimum absolute atomic E-state index is 0.308. The van der Waals surface area contributed by atoms with Crippen LogP contribution in [-0.2, 0) is 0 Å². The molecule has 17 heavy (non-hydrogen) atoms. The Labute approximate surface area is 103 Å². The van der Waals surface area contributed by atoms with Gasteiger partial charge in [-0.1, -0.05) is 12.1 Å². The number of rotatable bonds is 2. The first-order chi connectivity index (χ1) is 8.31. The van der Waals surface area contributed by atoms with Crippen molar-refractivity contribution in [3.63, 3.8) is 0 Å². The number of benzene rings is 1. The van der Waals surface area contributed by atoms with Gasteiger partial charge in [-0.25, -0.2) is 9.38 Å². The zero-order valence-electron chi connectivity index (χ0n) is 9.17. The van der Waals surface area contributed by atoms with E-state index >= 15 is 0 Å². The van der Waals surface area contributed by atoms with Crippen LogP contribution in [0.15, 0.2) is 47.8 Å². The molecular formula is C12H10FN3S. The molecule has 0 radical (unpaired) electrons. The third kappa shape index (κ3) is 2.88. The lowest BCUT2D eigenvalue weighted by Gasteiger charge is -2.02. The van der Waals surface area contributed by atoms with Gasteiger partial charge in [-0.15, -0.1) is 11.8 Å². The van der Waals surface area contributed by atoms with Gasteiger partial charge < -0.3 is 0 Å². The van der Waals surface area contributed by atoms with Crippen LogP contribution in [0.3, 0.4) is 0 Å². The lowest BCUT2D eigenvalue weighted by atomic mass is 10.3. The van der Waals surface area contributed by atoms with Crippen molar-refractivity contribution in [2.45, 2.75) is 0 Å². The van der Waals surface area contributed by atoms with E-state index in [4.69, 9.17) is 0 Å². The van der Waals surface area contributed by atoms with Gasteiger partial charge in [0, 0.05) is 12.4 Å². The smallest absolute Gasteiger partial charge is 0.148 e. The molecule has 2 rings (SSSR count). The minimum atomic E-state index is -0.344. The van der Waals surface area contributed by atoms with Crippen molar-refractivity contribution in [2.24, 2.45) is 4.99 Å². The Morgan fingerprint density at radius 2 is 2.12 bits per heavy atom. The highest BCUT2D eigenvalue weighted by Crippen LogP contribution is 2.20. The maximum absolute atomic E-state index is 13.4. The van der Waals surface area contributed by atoms with E-state index < -0.39 is 0 Å². The van der Waals surface area contributed by atoms with Crippen LogP contribution in [0.1, 0.15) is 5.69 Å². The molecule has 0 saturated heterocycles. The van der Waals surface area contributed by atoms with E-state index in [9.17, 15) is 4.39 Å². The van der Waals surface area contributed by atoms with Crippen LogP contribution in [0.25, 0.3) is 0 Å². The molecule has 2 aromatic rings. The van der Waals surface area contributed by atoms with E-state index in [1.165, 1.54) is 17.8 Å². The molecule has 0 unspecified atom stereocenters. The Morgan fingerprint density at radius 1 is 1.29 bits per heavy atom. The summed E-state index contributed by atoms with van der Waals surface area (Å²) in [5.41, 5.74) is 0.950. The van der Waals surface area contributed by atoms with Crippen molar-refractivity contribution in [3.8, 4) is 0 Å². The van der Waals surface area contributed by atoms with Gasteiger partial charge in [0.25, 0.3) is 0 Å². The Kier molecular flexibility index (Phi) is 3.82. The largest absolute Gasteiger partial charge is 0.261 e. The molecule has 1 heterocycles. The molecule has 0 spiro atoms. The van der Waals surface area contributed by atoms with E-state index in [2.05, 4.69) is 15.0 Å². The Balaban J connectivity index is 2.40. The molecule has 0 saturated carbocycles. The first-order valence-corrected chi connectivity index (χ1v) is 6.17. The predicted octanol–water partition coefficient (Wildman–Crippen LogP) is 3.06. The average Bonchev–Trinajstić information content (AvgIpc) is 2.39. The van der Waals surface area contributed by atoms with Gasteiger partial charge >= 0.3 is 0 Å². The van der Waals surface area contributed by atoms with Gasteiger partial charge in [0.15, 0.2) is 0 Å². The third-order valence-corrected chi connectivity index (χ3v) is 2.74. The molecule has 0 N–H and O–H groups in total. The molecule has 0 amide bonds. The highest BCUT2D eigenvalue weighted by atomic mass is 32.2. The van der Waals surface area contributed by atoms with Crippen LogP contribution in [-0.4, -0.2) is 21.3 Å². The van der Waals surface area contributed by atoms with E-state index in [-0.39, 0.29) is 5.82 Å². The number of aliphatic imine (C=N–C) groups is 1. The van der Waals surface area contributed by atoms with Crippen LogP contribution in [0.2, 0.25) is 0 Å². The third-order valence-electron chi connectivity index (χ3n) is 2.05. The summed E-state index contributed by atoms with van der Waals surface area (Å²) in [4.78, 5) is 12.4. The number of hydrogen-bond donors (Lipinski definition) is 0. The summed E-state index contributed by atoms with van der Waals surface area (Å²) in [5, 5.41) is 0.642. The van der Waals surface area contributed by atoms with Crippen molar-refractivity contribution in [1.29, 1.82) is 0 Å². The fourth-order valence-electron chi connectivity index (χ4n) is 1.27. The Morgan fingerprint density at radius 3 is 2.76 bits per heavy atom. The number of para-hydroxylation sites is 1. The molecular weight excluding hydrogens is 237 g/mol. The molecule has 1 aromatic carbocycles. The van der Waals surface area contributed by atoms with Crippen LogP contribution < -0.4 is 0 Å². The molecule has 0 atom stereocenters. The van der Waals surface area contributed by atoms with Gasteiger partial charge in [0.1, 0.15) is 22.2 Å². The minimum Gasteiger partial charge on any atom is -0.261 e. The zero-order valence-corrected chi connectivity index (χ0v) is 9.99. The van der Waals surface area contributed by atoms with Crippen LogP contribution in [0.4, 0.5) is 10.1 Å². The molecule has 0 aliphatic heterocycles. The molecule has 0 aliphatic rings. The number of hydrogen-bond acceptors (Lipinski definition) is 4. The summed E-state index contributed by atoms with van der Waals surface area (Å²) >= 11 is 1.41. The zero-order chi connectivity index (χ0) is 12.1. The maximum Gasteiger partial charge on any atom is 0.148 e. The Bertz CT molecular complexity index is 528. The molecule has 0 aliphatic carbocycles. The summed E-state index contributed by atoms with van der Waals surface area (Å²) in [6.07, 6.45) is 6.65. The van der Waals surface area contributed by atoms with Gasteiger partial charge in [-0.3, -0.25) is 9.97 Å². The fraction of sp³-hybridized carbons (Fsp3) is 0.0833. The van der Waals surface area contributed by atoms with Gasteiger partial charge in [-0.05, 0) is 18.4 Å². The van der Waals surface area contributed by atoms with E-state index in [1.54, 1.807) is 36.8 Å². The lowest BCUT2D eigenvalue weighted by molar-refractivity contribution is 0.630. The lowest BCUT2D eigenvalue weighted by Crippen LogP contribution is -1.98. The van der Waals surface area contributed by atoms with E-state index in [0.29, 0.717) is 16.4 Å². The second kappa shape index (κ2) is 5.54. The number of nitrogens with zero attached hydrogens (tertiary/aromatic N) is 3. The highest BCUT2D eigenvalue weighted by molar-refractivity contribution is 8.13. The molecule has 0 bridgehead atoms. The summed E-state index contributed by atoms with van der Waals surface area (Å²) in [7, 11) is 0. The SMILES string of the molecule is CSC(=Nc1ccccc1F)c1cnccn1. The maximum atomic E-state index is 13.4. The molecule has 1 aromatic heterocycles.